The van der Waals surface area contributed by atoms with E-state index < -0.39 is 23.0 Å². The molecule has 100 valence electrons. The van der Waals surface area contributed by atoms with Crippen LogP contribution in [0, 0.1) is 39.3 Å². The van der Waals surface area contributed by atoms with Crippen molar-refractivity contribution in [3.05, 3.63) is 57.4 Å². The van der Waals surface area contributed by atoms with Gasteiger partial charge in [0.2, 0.25) is 5.78 Å². The van der Waals surface area contributed by atoms with Crippen LogP contribution in [0.15, 0.2) is 12.1 Å². The Labute approximate surface area is 110 Å². The molecule has 0 saturated heterocycles. The number of nitrogens with one attached hydrogen (secondary N) is 1. The van der Waals surface area contributed by atoms with Crippen LogP contribution < -0.4 is 0 Å². The minimum Gasteiger partial charge on any atom is -0.356 e. The van der Waals surface area contributed by atoms with Gasteiger partial charge in [-0.1, -0.05) is 6.07 Å². The molecule has 0 saturated carbocycles. The topological polar surface area (TPSA) is 32.9 Å². The van der Waals surface area contributed by atoms with Gasteiger partial charge in [0.15, 0.2) is 0 Å². The molecular weight excluding hydrogens is 248 g/mol. The number of hydrogen-bond donors (Lipinski definition) is 1. The van der Waals surface area contributed by atoms with Crippen molar-refractivity contribution < 1.29 is 13.6 Å². The molecule has 0 aliphatic carbocycles. The Morgan fingerprint density at radius 1 is 1.05 bits per heavy atom. The lowest BCUT2D eigenvalue weighted by Gasteiger charge is -2.06. The number of aromatic nitrogens is 1. The predicted octanol–water partition coefficient (Wildman–Crippen LogP) is 3.76. The highest BCUT2D eigenvalue weighted by molar-refractivity contribution is 6.09. The van der Waals surface area contributed by atoms with Gasteiger partial charge in [0, 0.05) is 5.69 Å². The second kappa shape index (κ2) is 4.61. The van der Waals surface area contributed by atoms with Crippen molar-refractivity contribution in [1.29, 1.82) is 0 Å². The molecule has 2 rings (SSSR count). The summed E-state index contributed by atoms with van der Waals surface area (Å²) in [6, 6.07) is 2.43. The maximum atomic E-state index is 14.0. The van der Waals surface area contributed by atoms with E-state index in [0.29, 0.717) is 0 Å². The molecular formula is C15H15F2NO. The zero-order valence-electron chi connectivity index (χ0n) is 11.3. The Morgan fingerprint density at radius 2 is 1.68 bits per heavy atom. The predicted molar refractivity (Wildman–Crippen MR) is 69.5 cm³/mol. The minimum atomic E-state index is -0.836. The lowest BCUT2D eigenvalue weighted by atomic mass is 10.0. The largest absolute Gasteiger partial charge is 0.356 e. The molecule has 0 amide bonds. The quantitative estimate of drug-likeness (QED) is 0.822. The molecule has 0 aliphatic heterocycles. The van der Waals surface area contributed by atoms with Crippen molar-refractivity contribution in [2.24, 2.45) is 0 Å². The smallest absolute Gasteiger partial charge is 0.215 e. The first kappa shape index (κ1) is 13.5. The zero-order valence-corrected chi connectivity index (χ0v) is 11.3. The number of hydrogen-bond acceptors (Lipinski definition) is 1. The van der Waals surface area contributed by atoms with Crippen molar-refractivity contribution in [2.75, 3.05) is 0 Å². The van der Waals surface area contributed by atoms with Gasteiger partial charge in [-0.2, -0.15) is 0 Å². The first-order valence-corrected chi connectivity index (χ1v) is 5.99. The number of H-pyrrole nitrogens is 1. The number of ketones is 1. The van der Waals surface area contributed by atoms with E-state index in [2.05, 4.69) is 4.98 Å². The van der Waals surface area contributed by atoms with Crippen LogP contribution in [0.5, 0.6) is 0 Å². The van der Waals surface area contributed by atoms with Crippen LogP contribution in [0.25, 0.3) is 0 Å². The molecule has 2 aromatic rings. The Morgan fingerprint density at radius 3 is 2.21 bits per heavy atom. The Bertz CT molecular complexity index is 671. The van der Waals surface area contributed by atoms with Gasteiger partial charge in [-0.15, -0.1) is 0 Å². The molecule has 0 atom stereocenters. The molecule has 19 heavy (non-hydrogen) atoms. The van der Waals surface area contributed by atoms with E-state index in [1.54, 1.807) is 6.92 Å². The third kappa shape index (κ3) is 2.07. The highest BCUT2D eigenvalue weighted by Crippen LogP contribution is 2.23. The standard InChI is InChI=1S/C15H15F2NO/c1-7-5-6-11(16)12(13(7)17)15(19)14-9(3)8(2)10(4)18-14/h5-6,18H,1-4H3. The van der Waals surface area contributed by atoms with Crippen LogP contribution in [0.1, 0.15) is 38.4 Å². The van der Waals surface area contributed by atoms with Gasteiger partial charge in [-0.05, 0) is 50.5 Å². The Balaban J connectivity index is 2.63. The summed E-state index contributed by atoms with van der Waals surface area (Å²) in [6.07, 6.45) is 0. The number of rotatable bonds is 2. The summed E-state index contributed by atoms with van der Waals surface area (Å²) in [5.41, 5.74) is 2.49. The van der Waals surface area contributed by atoms with Gasteiger partial charge in [-0.3, -0.25) is 4.79 Å². The lowest BCUT2D eigenvalue weighted by Crippen LogP contribution is -2.10. The lowest BCUT2D eigenvalue weighted by molar-refractivity contribution is 0.102. The molecule has 0 radical (unpaired) electrons. The number of aromatic amines is 1. The van der Waals surface area contributed by atoms with Gasteiger partial charge in [0.1, 0.15) is 11.6 Å². The monoisotopic (exact) mass is 263 g/mol. The number of carbonyl (C=O) groups is 1. The van der Waals surface area contributed by atoms with E-state index in [-0.39, 0.29) is 11.3 Å². The SMILES string of the molecule is Cc1ccc(F)c(C(=O)c2[nH]c(C)c(C)c2C)c1F. The average molecular weight is 263 g/mol. The van der Waals surface area contributed by atoms with Crippen LogP contribution in [0.3, 0.4) is 0 Å². The Kier molecular flexibility index (Phi) is 3.27. The first-order chi connectivity index (χ1) is 8.84. The first-order valence-electron chi connectivity index (χ1n) is 5.99. The fourth-order valence-corrected chi connectivity index (χ4v) is 2.06. The van der Waals surface area contributed by atoms with Crippen LogP contribution in [-0.2, 0) is 0 Å². The van der Waals surface area contributed by atoms with Crippen molar-refractivity contribution in [3.8, 4) is 0 Å². The summed E-state index contributed by atoms with van der Waals surface area (Å²) in [5, 5.41) is 0. The van der Waals surface area contributed by atoms with Gasteiger partial charge < -0.3 is 4.98 Å². The van der Waals surface area contributed by atoms with Crippen molar-refractivity contribution in [3.63, 3.8) is 0 Å². The second-order valence-corrected chi connectivity index (χ2v) is 4.76. The van der Waals surface area contributed by atoms with E-state index >= 15 is 0 Å². The summed E-state index contributed by atoms with van der Waals surface area (Å²) in [4.78, 5) is 15.2. The Hall–Kier alpha value is -1.97. The molecule has 2 nitrogen and oxygen atoms in total. The van der Waals surface area contributed by atoms with E-state index in [4.69, 9.17) is 0 Å². The number of benzene rings is 1. The fraction of sp³-hybridized carbons (Fsp3) is 0.267. The van der Waals surface area contributed by atoms with Crippen molar-refractivity contribution in [2.45, 2.75) is 27.7 Å². The number of aryl methyl sites for hydroxylation is 2. The molecule has 1 aromatic heterocycles. The molecule has 0 bridgehead atoms. The van der Waals surface area contributed by atoms with E-state index in [9.17, 15) is 13.6 Å². The van der Waals surface area contributed by atoms with Crippen LogP contribution in [0.2, 0.25) is 0 Å². The van der Waals surface area contributed by atoms with Crippen LogP contribution in [-0.4, -0.2) is 10.8 Å². The summed E-state index contributed by atoms with van der Waals surface area (Å²) in [7, 11) is 0. The summed E-state index contributed by atoms with van der Waals surface area (Å²) in [6.45, 7) is 6.95. The third-order valence-electron chi connectivity index (χ3n) is 3.55. The van der Waals surface area contributed by atoms with Crippen LogP contribution in [0.4, 0.5) is 8.78 Å². The van der Waals surface area contributed by atoms with Crippen molar-refractivity contribution in [1.82, 2.24) is 4.98 Å². The van der Waals surface area contributed by atoms with Gasteiger partial charge in [0.05, 0.1) is 11.3 Å². The van der Waals surface area contributed by atoms with Crippen LogP contribution >= 0.6 is 0 Å². The molecule has 1 heterocycles. The maximum Gasteiger partial charge on any atom is 0.215 e. The van der Waals surface area contributed by atoms with Gasteiger partial charge >= 0.3 is 0 Å². The zero-order chi connectivity index (χ0) is 14.3. The van der Waals surface area contributed by atoms with Gasteiger partial charge in [0.25, 0.3) is 0 Å². The number of halogens is 2. The van der Waals surface area contributed by atoms with E-state index in [0.717, 1.165) is 22.9 Å². The van der Waals surface area contributed by atoms with Gasteiger partial charge in [-0.25, -0.2) is 8.78 Å². The summed E-state index contributed by atoms with van der Waals surface area (Å²) in [5.74, 6) is -2.28. The van der Waals surface area contributed by atoms with E-state index in [1.165, 1.54) is 13.0 Å². The third-order valence-corrected chi connectivity index (χ3v) is 3.55. The van der Waals surface area contributed by atoms with Crippen molar-refractivity contribution >= 4 is 5.78 Å². The number of carbonyl (C=O) groups excluding carboxylic acids is 1. The molecule has 0 unspecified atom stereocenters. The molecule has 4 heteroatoms. The maximum absolute atomic E-state index is 14.0. The minimum absolute atomic E-state index is 0.249. The van der Waals surface area contributed by atoms with E-state index in [1.807, 2.05) is 13.8 Å². The highest BCUT2D eigenvalue weighted by Gasteiger charge is 2.24. The molecule has 0 fully saturated rings. The fourth-order valence-electron chi connectivity index (χ4n) is 2.06. The average Bonchev–Trinajstić information content (AvgIpc) is 2.62. The molecule has 1 N–H and O–H groups in total. The highest BCUT2D eigenvalue weighted by atomic mass is 19.1. The molecule has 1 aromatic carbocycles. The molecule has 0 spiro atoms. The summed E-state index contributed by atoms with van der Waals surface area (Å²) >= 11 is 0. The second-order valence-electron chi connectivity index (χ2n) is 4.76. The molecule has 0 aliphatic rings. The summed E-state index contributed by atoms with van der Waals surface area (Å²) < 4.78 is 27.7. The normalized spacial score (nSPS) is 10.8.